The van der Waals surface area contributed by atoms with E-state index in [0.29, 0.717) is 4.47 Å². The number of terminal acetylenes is 1. The van der Waals surface area contributed by atoms with Crippen molar-refractivity contribution in [3.05, 3.63) is 33.8 Å². The first-order valence-corrected chi connectivity index (χ1v) is 5.19. The van der Waals surface area contributed by atoms with Gasteiger partial charge in [0.25, 0.3) is 0 Å². The van der Waals surface area contributed by atoms with E-state index in [1.807, 2.05) is 0 Å². The number of benzene rings is 1. The van der Waals surface area contributed by atoms with Crippen molar-refractivity contribution in [3.8, 4) is 12.3 Å². The van der Waals surface area contributed by atoms with E-state index in [0.717, 1.165) is 6.07 Å². The first-order valence-electron chi connectivity index (χ1n) is 4.40. The number of nitrogens with one attached hydrogen (secondary N) is 1. The Bertz CT molecular complexity index is 420. The van der Waals surface area contributed by atoms with Crippen LogP contribution >= 0.6 is 15.9 Å². The molecule has 1 rings (SSSR count). The van der Waals surface area contributed by atoms with Crippen molar-refractivity contribution in [2.24, 2.45) is 0 Å². The van der Waals surface area contributed by atoms with Crippen LogP contribution in [0.1, 0.15) is 17.2 Å². The molecule has 0 fully saturated rings. The number of hydrogen-bond acceptors (Lipinski definition) is 1. The van der Waals surface area contributed by atoms with Gasteiger partial charge in [-0.05, 0) is 24.7 Å². The summed E-state index contributed by atoms with van der Waals surface area (Å²) in [5.74, 6) is 2.27. The molecule has 1 N–H and O–H groups in total. The van der Waals surface area contributed by atoms with Gasteiger partial charge in [0.1, 0.15) is 0 Å². The van der Waals surface area contributed by atoms with Crippen LogP contribution in [0.25, 0.3) is 0 Å². The summed E-state index contributed by atoms with van der Waals surface area (Å²) >= 11 is 3.01. The third-order valence-electron chi connectivity index (χ3n) is 2.09. The first kappa shape index (κ1) is 13.1. The Hall–Kier alpha value is -0.990. The van der Waals surface area contributed by atoms with Crippen molar-refractivity contribution in [3.63, 3.8) is 0 Å². The lowest BCUT2D eigenvalue weighted by Crippen LogP contribution is -2.19. The minimum Gasteiger partial charge on any atom is -0.303 e. The lowest BCUT2D eigenvalue weighted by atomic mass is 10.0. The smallest absolute Gasteiger partial charge is 0.303 e. The number of rotatable bonds is 2. The molecule has 0 radical (unpaired) electrons. The van der Waals surface area contributed by atoms with Crippen molar-refractivity contribution < 1.29 is 13.2 Å². The zero-order valence-electron chi connectivity index (χ0n) is 8.40. The average Bonchev–Trinajstić information content (AvgIpc) is 2.20. The van der Waals surface area contributed by atoms with Gasteiger partial charge in [0.05, 0.1) is 11.6 Å². The molecule has 0 bridgehead atoms. The van der Waals surface area contributed by atoms with Crippen LogP contribution in [0.3, 0.4) is 0 Å². The molecule has 0 spiro atoms. The SMILES string of the molecule is C#CC(NC)c1ccc(Br)cc1C(F)(F)F. The van der Waals surface area contributed by atoms with Crippen LogP contribution in [0.5, 0.6) is 0 Å². The van der Waals surface area contributed by atoms with Gasteiger partial charge >= 0.3 is 6.18 Å². The Labute approximate surface area is 100 Å². The fraction of sp³-hybridized carbons (Fsp3) is 0.273. The van der Waals surface area contributed by atoms with E-state index in [4.69, 9.17) is 6.42 Å². The summed E-state index contributed by atoms with van der Waals surface area (Å²) in [6.07, 6.45) is 0.762. The third-order valence-corrected chi connectivity index (χ3v) is 2.58. The molecule has 1 atom stereocenters. The highest BCUT2D eigenvalue weighted by Gasteiger charge is 2.34. The summed E-state index contributed by atoms with van der Waals surface area (Å²) in [4.78, 5) is 0. The Balaban J connectivity index is 3.35. The largest absolute Gasteiger partial charge is 0.416 e. The second-order valence-electron chi connectivity index (χ2n) is 3.12. The minimum atomic E-state index is -4.41. The second kappa shape index (κ2) is 4.89. The molecule has 5 heteroatoms. The summed E-state index contributed by atoms with van der Waals surface area (Å²) in [6, 6.07) is 3.18. The highest BCUT2D eigenvalue weighted by molar-refractivity contribution is 9.10. The van der Waals surface area contributed by atoms with E-state index in [2.05, 4.69) is 27.2 Å². The third kappa shape index (κ3) is 2.77. The van der Waals surface area contributed by atoms with Gasteiger partial charge in [-0.25, -0.2) is 0 Å². The number of alkyl halides is 3. The maximum Gasteiger partial charge on any atom is 0.416 e. The second-order valence-corrected chi connectivity index (χ2v) is 4.03. The summed E-state index contributed by atoms with van der Waals surface area (Å²) in [6.45, 7) is 0. The summed E-state index contributed by atoms with van der Waals surface area (Å²) in [5, 5.41) is 2.65. The molecule has 0 aromatic heterocycles. The molecule has 0 amide bonds. The van der Waals surface area contributed by atoms with Crippen molar-refractivity contribution in [1.82, 2.24) is 5.32 Å². The molecule has 1 unspecified atom stereocenters. The van der Waals surface area contributed by atoms with E-state index < -0.39 is 17.8 Å². The zero-order chi connectivity index (χ0) is 12.3. The minimum absolute atomic E-state index is 0.0562. The quantitative estimate of drug-likeness (QED) is 0.824. The fourth-order valence-corrected chi connectivity index (χ4v) is 1.72. The molecule has 16 heavy (non-hydrogen) atoms. The van der Waals surface area contributed by atoms with E-state index >= 15 is 0 Å². The molecule has 0 aliphatic rings. The Morgan fingerprint density at radius 3 is 2.50 bits per heavy atom. The van der Waals surface area contributed by atoms with Crippen molar-refractivity contribution in [1.29, 1.82) is 0 Å². The zero-order valence-corrected chi connectivity index (χ0v) is 9.98. The van der Waals surface area contributed by atoms with Crippen LogP contribution in [-0.2, 0) is 6.18 Å². The Kier molecular flexibility index (Phi) is 4.00. The normalized spacial score (nSPS) is 13.2. The molecule has 0 heterocycles. The van der Waals surface area contributed by atoms with Gasteiger partial charge in [-0.15, -0.1) is 6.42 Å². The van der Waals surface area contributed by atoms with Gasteiger partial charge in [0, 0.05) is 4.47 Å². The van der Waals surface area contributed by atoms with E-state index in [9.17, 15) is 13.2 Å². The van der Waals surface area contributed by atoms with Gasteiger partial charge in [0.2, 0.25) is 0 Å². The fourth-order valence-electron chi connectivity index (χ4n) is 1.35. The predicted molar refractivity (Wildman–Crippen MR) is 59.8 cm³/mol. The molecular weight excluding hydrogens is 283 g/mol. The molecule has 1 aromatic rings. The van der Waals surface area contributed by atoms with Crippen molar-refractivity contribution in [2.75, 3.05) is 7.05 Å². The van der Waals surface area contributed by atoms with Crippen LogP contribution in [0.4, 0.5) is 13.2 Å². The predicted octanol–water partition coefficient (Wildman–Crippen LogP) is 3.36. The lowest BCUT2D eigenvalue weighted by molar-refractivity contribution is -0.138. The number of halogens is 4. The first-order chi connectivity index (χ1) is 7.40. The molecule has 0 aliphatic carbocycles. The molecule has 1 nitrogen and oxygen atoms in total. The van der Waals surface area contributed by atoms with E-state index in [-0.39, 0.29) is 5.56 Å². The molecule has 0 saturated heterocycles. The van der Waals surface area contributed by atoms with Crippen LogP contribution < -0.4 is 5.32 Å². The number of hydrogen-bond donors (Lipinski definition) is 1. The Morgan fingerprint density at radius 1 is 1.44 bits per heavy atom. The highest BCUT2D eigenvalue weighted by atomic mass is 79.9. The maximum absolute atomic E-state index is 12.7. The molecule has 0 saturated carbocycles. The highest BCUT2D eigenvalue weighted by Crippen LogP contribution is 2.36. The summed E-state index contributed by atoms with van der Waals surface area (Å²) < 4.78 is 38.6. The van der Waals surface area contributed by atoms with Gasteiger partial charge in [-0.1, -0.05) is 27.9 Å². The molecule has 86 valence electrons. The lowest BCUT2D eigenvalue weighted by Gasteiger charge is -2.17. The average molecular weight is 292 g/mol. The van der Waals surface area contributed by atoms with Crippen LogP contribution in [0, 0.1) is 12.3 Å². The summed E-state index contributed by atoms with van der Waals surface area (Å²) in [5.41, 5.74) is -0.667. The van der Waals surface area contributed by atoms with E-state index in [1.165, 1.54) is 19.2 Å². The molecular formula is C11H9BrF3N. The topological polar surface area (TPSA) is 12.0 Å². The Morgan fingerprint density at radius 2 is 2.06 bits per heavy atom. The van der Waals surface area contributed by atoms with Crippen LogP contribution in [-0.4, -0.2) is 7.05 Å². The van der Waals surface area contributed by atoms with Gasteiger partial charge in [-0.2, -0.15) is 13.2 Å². The standard InChI is InChI=1S/C11H9BrF3N/c1-3-10(16-2)8-5-4-7(12)6-9(8)11(13,14)15/h1,4-6,10,16H,2H3. The van der Waals surface area contributed by atoms with Gasteiger partial charge < -0.3 is 5.32 Å². The van der Waals surface area contributed by atoms with Crippen LogP contribution in [0.15, 0.2) is 22.7 Å². The molecule has 1 aromatic carbocycles. The molecule has 0 aliphatic heterocycles. The van der Waals surface area contributed by atoms with Crippen LogP contribution in [0.2, 0.25) is 0 Å². The van der Waals surface area contributed by atoms with Crippen molar-refractivity contribution >= 4 is 15.9 Å². The van der Waals surface area contributed by atoms with Crippen molar-refractivity contribution in [2.45, 2.75) is 12.2 Å². The van der Waals surface area contributed by atoms with E-state index in [1.54, 1.807) is 0 Å². The van der Waals surface area contributed by atoms with Gasteiger partial charge in [0.15, 0.2) is 0 Å². The maximum atomic E-state index is 12.7. The van der Waals surface area contributed by atoms with Gasteiger partial charge in [-0.3, -0.25) is 0 Å². The summed E-state index contributed by atoms with van der Waals surface area (Å²) in [7, 11) is 1.52. The monoisotopic (exact) mass is 291 g/mol.